The van der Waals surface area contributed by atoms with Crippen LogP contribution in [0, 0.1) is 11.6 Å². The van der Waals surface area contributed by atoms with Crippen molar-refractivity contribution >= 4 is 11.6 Å². The molecular weight excluding hydrogens is 316 g/mol. The van der Waals surface area contributed by atoms with Gasteiger partial charge in [-0.2, -0.15) is 0 Å². The fourth-order valence-corrected chi connectivity index (χ4v) is 2.43. The van der Waals surface area contributed by atoms with Crippen molar-refractivity contribution in [2.75, 3.05) is 18.5 Å². The third kappa shape index (κ3) is 3.04. The average molecular weight is 333 g/mol. The van der Waals surface area contributed by atoms with Crippen LogP contribution in [0.25, 0.3) is 0 Å². The molecule has 4 nitrogen and oxygen atoms in total. The summed E-state index contributed by atoms with van der Waals surface area (Å²) >= 11 is 0. The van der Waals surface area contributed by atoms with Crippen LogP contribution in [0.4, 0.5) is 14.5 Å². The Bertz CT molecular complexity index is 790. The van der Waals surface area contributed by atoms with E-state index in [1.165, 1.54) is 6.07 Å². The minimum absolute atomic E-state index is 0.0629. The van der Waals surface area contributed by atoms with Crippen LogP contribution in [0.15, 0.2) is 36.4 Å². The number of nitrogens with one attached hydrogen (secondary N) is 1. The molecule has 1 aliphatic rings. The van der Waals surface area contributed by atoms with E-state index in [1.54, 1.807) is 32.0 Å². The van der Waals surface area contributed by atoms with Crippen molar-refractivity contribution in [1.82, 2.24) is 0 Å². The summed E-state index contributed by atoms with van der Waals surface area (Å²) in [7, 11) is 0. The van der Waals surface area contributed by atoms with Crippen LogP contribution in [-0.2, 0) is 10.2 Å². The van der Waals surface area contributed by atoms with E-state index in [-0.39, 0.29) is 5.69 Å². The van der Waals surface area contributed by atoms with Crippen molar-refractivity contribution in [1.29, 1.82) is 0 Å². The first kappa shape index (κ1) is 16.2. The molecule has 0 fully saturated rings. The van der Waals surface area contributed by atoms with Gasteiger partial charge in [-0.3, -0.25) is 4.79 Å². The highest BCUT2D eigenvalue weighted by Gasteiger charge is 2.31. The van der Waals surface area contributed by atoms with Crippen molar-refractivity contribution in [3.63, 3.8) is 0 Å². The topological polar surface area (TPSA) is 47.6 Å². The van der Waals surface area contributed by atoms with Gasteiger partial charge in [-0.25, -0.2) is 8.78 Å². The number of halogens is 2. The molecule has 0 radical (unpaired) electrons. The lowest BCUT2D eigenvalue weighted by Crippen LogP contribution is -2.35. The molecule has 0 saturated carbocycles. The largest absolute Gasteiger partial charge is 0.486 e. The Morgan fingerprint density at radius 1 is 1.04 bits per heavy atom. The van der Waals surface area contributed by atoms with Gasteiger partial charge < -0.3 is 14.8 Å². The maximum Gasteiger partial charge on any atom is 0.234 e. The van der Waals surface area contributed by atoms with E-state index in [0.29, 0.717) is 30.3 Å². The molecule has 24 heavy (non-hydrogen) atoms. The summed E-state index contributed by atoms with van der Waals surface area (Å²) in [5.74, 6) is -0.721. The highest BCUT2D eigenvalue weighted by Crippen LogP contribution is 2.35. The Labute approximate surface area is 138 Å². The van der Waals surface area contributed by atoms with E-state index in [2.05, 4.69) is 5.32 Å². The number of hydrogen-bond acceptors (Lipinski definition) is 3. The summed E-state index contributed by atoms with van der Waals surface area (Å²) in [5, 5.41) is 2.50. The second-order valence-corrected chi connectivity index (χ2v) is 6.06. The normalized spacial score (nSPS) is 13.5. The van der Waals surface area contributed by atoms with Crippen molar-refractivity contribution in [2.45, 2.75) is 19.3 Å². The molecule has 0 spiro atoms. The third-order valence-electron chi connectivity index (χ3n) is 4.01. The van der Waals surface area contributed by atoms with Gasteiger partial charge in [0, 0.05) is 6.07 Å². The summed E-state index contributed by atoms with van der Waals surface area (Å²) in [6, 6.07) is 8.28. The van der Waals surface area contributed by atoms with E-state index in [9.17, 15) is 13.6 Å². The molecular formula is C18H17F2NO3. The van der Waals surface area contributed by atoms with E-state index >= 15 is 0 Å². The second kappa shape index (κ2) is 6.11. The molecule has 0 atom stereocenters. The molecule has 0 unspecified atom stereocenters. The Hall–Kier alpha value is -2.63. The van der Waals surface area contributed by atoms with Gasteiger partial charge in [0.1, 0.15) is 24.8 Å². The Morgan fingerprint density at radius 3 is 2.46 bits per heavy atom. The van der Waals surface area contributed by atoms with Crippen molar-refractivity contribution in [2.24, 2.45) is 0 Å². The lowest BCUT2D eigenvalue weighted by molar-refractivity contribution is -0.120. The lowest BCUT2D eigenvalue weighted by Gasteiger charge is -2.26. The quantitative estimate of drug-likeness (QED) is 0.933. The van der Waals surface area contributed by atoms with Crippen LogP contribution < -0.4 is 14.8 Å². The van der Waals surface area contributed by atoms with Gasteiger partial charge in [0.05, 0.1) is 11.1 Å². The zero-order valence-corrected chi connectivity index (χ0v) is 13.4. The van der Waals surface area contributed by atoms with Gasteiger partial charge >= 0.3 is 0 Å². The fraction of sp³-hybridized carbons (Fsp3) is 0.278. The van der Waals surface area contributed by atoms with E-state index in [1.807, 2.05) is 0 Å². The number of rotatable bonds is 3. The van der Waals surface area contributed by atoms with Crippen LogP contribution >= 0.6 is 0 Å². The number of hydrogen-bond donors (Lipinski definition) is 1. The molecule has 2 aromatic rings. The predicted molar refractivity (Wildman–Crippen MR) is 85.4 cm³/mol. The van der Waals surface area contributed by atoms with Crippen LogP contribution in [0.5, 0.6) is 11.5 Å². The highest BCUT2D eigenvalue weighted by molar-refractivity contribution is 5.98. The third-order valence-corrected chi connectivity index (χ3v) is 4.01. The molecule has 0 saturated heterocycles. The molecule has 0 aromatic heterocycles. The number of benzene rings is 2. The maximum atomic E-state index is 13.7. The SMILES string of the molecule is CC(C)(C(=O)Nc1ccc(F)cc1F)c1ccc2c(c1)OCCO2. The smallest absolute Gasteiger partial charge is 0.234 e. The first-order valence-corrected chi connectivity index (χ1v) is 7.54. The standard InChI is InChI=1S/C18H17F2NO3/c1-18(2,11-3-6-15-16(9-11)24-8-7-23-15)17(22)21-14-5-4-12(19)10-13(14)20/h3-6,9-10H,7-8H2,1-2H3,(H,21,22). The van der Waals surface area contributed by atoms with Crippen molar-refractivity contribution < 1.29 is 23.0 Å². The molecule has 1 aliphatic heterocycles. The van der Waals surface area contributed by atoms with E-state index in [0.717, 1.165) is 12.1 Å². The summed E-state index contributed by atoms with van der Waals surface area (Å²) < 4.78 is 37.7. The number of amides is 1. The van der Waals surface area contributed by atoms with Crippen LogP contribution in [0.2, 0.25) is 0 Å². The van der Waals surface area contributed by atoms with Crippen molar-refractivity contribution in [3.8, 4) is 11.5 Å². The fourth-order valence-electron chi connectivity index (χ4n) is 2.43. The Morgan fingerprint density at radius 2 is 1.75 bits per heavy atom. The molecule has 0 bridgehead atoms. The lowest BCUT2D eigenvalue weighted by atomic mass is 9.83. The molecule has 1 amide bonds. The summed E-state index contributed by atoms with van der Waals surface area (Å²) in [5.41, 5.74) is -0.310. The van der Waals surface area contributed by atoms with Gasteiger partial charge in [0.25, 0.3) is 0 Å². The first-order valence-electron chi connectivity index (χ1n) is 7.54. The summed E-state index contributed by atoms with van der Waals surface area (Å²) in [4.78, 5) is 12.6. The number of ether oxygens (including phenoxy) is 2. The van der Waals surface area contributed by atoms with Crippen LogP contribution in [0.3, 0.4) is 0 Å². The Kier molecular flexibility index (Phi) is 4.13. The molecule has 2 aromatic carbocycles. The zero-order chi connectivity index (χ0) is 17.3. The highest BCUT2D eigenvalue weighted by atomic mass is 19.1. The minimum Gasteiger partial charge on any atom is -0.486 e. The first-order chi connectivity index (χ1) is 11.4. The van der Waals surface area contributed by atoms with Gasteiger partial charge in [0.15, 0.2) is 11.5 Å². The number of carbonyl (C=O) groups excluding carboxylic acids is 1. The zero-order valence-electron chi connectivity index (χ0n) is 13.4. The van der Waals surface area contributed by atoms with E-state index in [4.69, 9.17) is 9.47 Å². The molecule has 3 rings (SSSR count). The second-order valence-electron chi connectivity index (χ2n) is 6.06. The maximum absolute atomic E-state index is 13.7. The van der Waals surface area contributed by atoms with Crippen molar-refractivity contribution in [3.05, 3.63) is 53.6 Å². The predicted octanol–water partition coefficient (Wildman–Crippen LogP) is 3.65. The van der Waals surface area contributed by atoms with Gasteiger partial charge in [-0.05, 0) is 43.7 Å². The summed E-state index contributed by atoms with van der Waals surface area (Å²) in [6.07, 6.45) is 0. The van der Waals surface area contributed by atoms with Gasteiger partial charge in [-0.15, -0.1) is 0 Å². The number of carbonyl (C=O) groups is 1. The molecule has 126 valence electrons. The molecule has 0 aliphatic carbocycles. The minimum atomic E-state index is -0.948. The van der Waals surface area contributed by atoms with E-state index < -0.39 is 23.0 Å². The average Bonchev–Trinajstić information content (AvgIpc) is 2.56. The Balaban J connectivity index is 1.85. The van der Waals surface area contributed by atoms with Crippen LogP contribution in [-0.4, -0.2) is 19.1 Å². The molecule has 1 N–H and O–H groups in total. The monoisotopic (exact) mass is 333 g/mol. The van der Waals surface area contributed by atoms with Gasteiger partial charge in [0.2, 0.25) is 5.91 Å². The van der Waals surface area contributed by atoms with Crippen LogP contribution in [0.1, 0.15) is 19.4 Å². The summed E-state index contributed by atoms with van der Waals surface area (Å²) in [6.45, 7) is 4.37. The number of fused-ring (bicyclic) bond motifs is 1. The van der Waals surface area contributed by atoms with Gasteiger partial charge in [-0.1, -0.05) is 6.07 Å². The molecule has 1 heterocycles. The molecule has 6 heteroatoms. The number of anilines is 1.